The van der Waals surface area contributed by atoms with Crippen molar-refractivity contribution in [2.45, 2.75) is 122 Å². The van der Waals surface area contributed by atoms with Crippen LogP contribution in [0.25, 0.3) is 0 Å². The highest BCUT2D eigenvalue weighted by molar-refractivity contribution is 7.00. The molecule has 0 N–H and O–H groups in total. The van der Waals surface area contributed by atoms with Crippen molar-refractivity contribution in [3.63, 3.8) is 0 Å². The van der Waals surface area contributed by atoms with Crippen LogP contribution in [0.1, 0.15) is 80.4 Å². The van der Waals surface area contributed by atoms with Crippen molar-refractivity contribution < 1.29 is 37.3 Å². The highest BCUT2D eigenvalue weighted by Crippen LogP contribution is 2.40. The minimum Gasteiger partial charge on any atom is -0.484 e. The van der Waals surface area contributed by atoms with Crippen LogP contribution < -0.4 is 30.2 Å². The van der Waals surface area contributed by atoms with E-state index in [1.807, 2.05) is 26.0 Å². The van der Waals surface area contributed by atoms with Crippen molar-refractivity contribution in [3.05, 3.63) is 205 Å². The second kappa shape index (κ2) is 23.4. The topological polar surface area (TPSA) is 73.8 Å². The van der Waals surface area contributed by atoms with Gasteiger partial charge >= 0.3 is 0 Å². The minimum absolute atomic E-state index is 0.187. The Balaban J connectivity index is 0.975. The largest absolute Gasteiger partial charge is 0.484 e. The van der Waals surface area contributed by atoms with Gasteiger partial charge in [-0.05, 0) is 104 Å². The molecule has 0 spiro atoms. The van der Waals surface area contributed by atoms with Gasteiger partial charge in [0, 0.05) is 18.6 Å². The maximum Gasteiger partial charge on any atom is 0.261 e. The summed E-state index contributed by atoms with van der Waals surface area (Å²) in [5.74, 6) is 1.49. The molecule has 2 heterocycles. The predicted octanol–water partition coefficient (Wildman–Crippen LogP) is 11.3. The molecule has 384 valence electrons. The van der Waals surface area contributed by atoms with Crippen LogP contribution in [-0.2, 0) is 33.2 Å². The Bertz CT molecular complexity index is 2420. The Kier molecular flexibility index (Phi) is 17.3. The second-order valence-corrected chi connectivity index (χ2v) is 30.2. The lowest BCUT2D eigenvalue weighted by Gasteiger charge is -2.44. The van der Waals surface area contributed by atoms with E-state index in [2.05, 4.69) is 237 Å². The van der Waals surface area contributed by atoms with E-state index in [1.165, 1.54) is 20.7 Å². The molecule has 8 rings (SSSR count). The summed E-state index contributed by atoms with van der Waals surface area (Å²) in [5.41, 5.74) is 1.98. The van der Waals surface area contributed by atoms with E-state index in [4.69, 9.17) is 37.3 Å². The van der Waals surface area contributed by atoms with Crippen LogP contribution in [0.5, 0.6) is 11.5 Å². The Morgan fingerprint density at radius 2 is 0.699 bits per heavy atom. The molecule has 10 heteroatoms. The Labute approximate surface area is 437 Å². The van der Waals surface area contributed by atoms with Crippen molar-refractivity contribution in [2.75, 3.05) is 26.4 Å². The van der Waals surface area contributed by atoms with E-state index >= 15 is 0 Å². The normalized spacial score (nSPS) is 20.7. The molecule has 0 amide bonds. The van der Waals surface area contributed by atoms with E-state index in [0.29, 0.717) is 26.4 Å². The molecule has 73 heavy (non-hydrogen) atoms. The molecule has 6 aromatic rings. The summed E-state index contributed by atoms with van der Waals surface area (Å²) in [4.78, 5) is 0. The van der Waals surface area contributed by atoms with E-state index in [9.17, 15) is 0 Å². The van der Waals surface area contributed by atoms with Gasteiger partial charge in [0.1, 0.15) is 35.9 Å². The fourth-order valence-corrected chi connectivity index (χ4v) is 19.7. The first-order chi connectivity index (χ1) is 35.1. The third-order valence-corrected chi connectivity index (χ3v) is 24.4. The van der Waals surface area contributed by atoms with Gasteiger partial charge in [0.2, 0.25) is 0 Å². The molecule has 0 fully saturated rings. The lowest BCUT2D eigenvalue weighted by Crippen LogP contribution is -2.67. The molecule has 2 aliphatic heterocycles. The van der Waals surface area contributed by atoms with E-state index in [0.717, 1.165) is 22.6 Å². The quantitative estimate of drug-likeness (QED) is 0.0553. The van der Waals surface area contributed by atoms with Gasteiger partial charge in [-0.25, -0.2) is 0 Å². The van der Waals surface area contributed by atoms with Crippen LogP contribution >= 0.6 is 0 Å². The molecule has 0 bridgehead atoms. The number of benzene rings is 6. The molecule has 0 radical (unpaired) electrons. The SMILES string of the molecule is CCO[C@@H]1C=C[C@H](Oc2ccc(C(C)(C)c3ccc(O[C@H]4C=C[C@@H](OCC)O[C@@H]4CO[Si](c4ccccc4)(c4ccccc4)C(C)(C)C)cc3)cc2)[C@@H](CO[Si](c2ccccc2)(c2ccccc2)C(C)(C)C)O1. The van der Waals surface area contributed by atoms with Crippen LogP contribution in [0.4, 0.5) is 0 Å². The average Bonchev–Trinajstić information content (AvgIpc) is 3.39. The standard InChI is InChI=1S/C63H76O8Si2/c1-11-64-59-43-41-55(57(70-59)45-66-72(61(3,4)5,51-25-17-13-18-26-51)52-27-19-14-20-28-52)68-49-37-33-47(34-38-49)63(9,10)48-35-39-50(40-36-48)69-56-42-44-60(65-12-2)71-58(56)46-67-73(62(6,7)8,53-29-21-15-22-30-53)54-31-23-16-24-32-54/h13-44,55-60H,11-12,45-46H2,1-10H3/t55-,56-,57+,58+,59-,60-/m0/s1. The third-order valence-electron chi connectivity index (χ3n) is 14.4. The maximum atomic E-state index is 7.36. The van der Waals surface area contributed by atoms with Gasteiger partial charge in [-0.15, -0.1) is 0 Å². The Hall–Kier alpha value is -5.41. The van der Waals surface area contributed by atoms with E-state index in [1.54, 1.807) is 0 Å². The van der Waals surface area contributed by atoms with Gasteiger partial charge < -0.3 is 37.3 Å². The van der Waals surface area contributed by atoms with Crippen LogP contribution in [0.15, 0.2) is 194 Å². The Morgan fingerprint density at radius 1 is 0.397 bits per heavy atom. The lowest BCUT2D eigenvalue weighted by molar-refractivity contribution is -0.173. The first-order valence-corrected chi connectivity index (χ1v) is 29.9. The monoisotopic (exact) mass is 1020 g/mol. The van der Waals surface area contributed by atoms with Crippen molar-refractivity contribution >= 4 is 37.4 Å². The number of ether oxygens (including phenoxy) is 6. The lowest BCUT2D eigenvalue weighted by atomic mass is 9.78. The summed E-state index contributed by atoms with van der Waals surface area (Å²) in [6.07, 6.45) is 5.36. The van der Waals surface area contributed by atoms with Crippen LogP contribution in [-0.4, -0.2) is 80.1 Å². The third kappa shape index (κ3) is 11.9. The van der Waals surface area contributed by atoms with E-state index in [-0.39, 0.29) is 15.5 Å². The van der Waals surface area contributed by atoms with Gasteiger partial charge in [-0.3, -0.25) is 0 Å². The molecule has 6 aromatic carbocycles. The summed E-state index contributed by atoms with van der Waals surface area (Å²) >= 11 is 0. The predicted molar refractivity (Wildman–Crippen MR) is 300 cm³/mol. The molecule has 0 saturated carbocycles. The average molecular weight is 1020 g/mol. The fourth-order valence-electron chi connectivity index (χ4n) is 10.6. The molecule has 0 aliphatic carbocycles. The summed E-state index contributed by atoms with van der Waals surface area (Å²) in [7, 11) is -5.69. The molecule has 2 aliphatic rings. The zero-order chi connectivity index (χ0) is 51.7. The summed E-state index contributed by atoms with van der Waals surface area (Å²) in [5, 5.41) is 4.49. The smallest absolute Gasteiger partial charge is 0.261 e. The van der Waals surface area contributed by atoms with Gasteiger partial charge in [-0.2, -0.15) is 0 Å². The molecule has 8 nitrogen and oxygen atoms in total. The highest BCUT2D eigenvalue weighted by Gasteiger charge is 2.52. The number of hydrogen-bond acceptors (Lipinski definition) is 8. The summed E-state index contributed by atoms with van der Waals surface area (Å²) in [6.45, 7) is 23.9. The van der Waals surface area contributed by atoms with Crippen LogP contribution in [0.2, 0.25) is 10.1 Å². The van der Waals surface area contributed by atoms with Gasteiger partial charge in [0.25, 0.3) is 16.6 Å². The summed E-state index contributed by atoms with van der Waals surface area (Å²) < 4.78 is 53.4. The highest BCUT2D eigenvalue weighted by atomic mass is 28.4. The van der Waals surface area contributed by atoms with Crippen LogP contribution in [0.3, 0.4) is 0 Å². The first-order valence-electron chi connectivity index (χ1n) is 26.0. The molecular weight excluding hydrogens is 941 g/mol. The van der Waals surface area contributed by atoms with E-state index < -0.39 is 53.6 Å². The molecule has 0 saturated heterocycles. The fraction of sp³-hybridized carbons (Fsp3) is 0.365. The molecular formula is C63H76O8Si2. The molecule has 6 atom stereocenters. The van der Waals surface area contributed by atoms with Gasteiger partial charge in [0.15, 0.2) is 12.6 Å². The minimum atomic E-state index is -2.84. The van der Waals surface area contributed by atoms with Gasteiger partial charge in [0.05, 0.1) is 13.2 Å². The number of rotatable bonds is 20. The zero-order valence-electron chi connectivity index (χ0n) is 44.5. The van der Waals surface area contributed by atoms with Crippen molar-refractivity contribution in [1.29, 1.82) is 0 Å². The van der Waals surface area contributed by atoms with Crippen molar-refractivity contribution in [3.8, 4) is 11.5 Å². The summed E-state index contributed by atoms with van der Waals surface area (Å²) in [6, 6.07) is 59.6. The van der Waals surface area contributed by atoms with Crippen LogP contribution in [0, 0.1) is 0 Å². The number of hydrogen-bond donors (Lipinski definition) is 0. The molecule has 0 unspecified atom stereocenters. The Morgan fingerprint density at radius 3 is 0.973 bits per heavy atom. The zero-order valence-corrected chi connectivity index (χ0v) is 46.5. The molecule has 0 aromatic heterocycles. The van der Waals surface area contributed by atoms with Crippen molar-refractivity contribution in [2.24, 2.45) is 0 Å². The first kappa shape index (κ1) is 53.9. The van der Waals surface area contributed by atoms with Crippen molar-refractivity contribution in [1.82, 2.24) is 0 Å². The van der Waals surface area contributed by atoms with Gasteiger partial charge in [-0.1, -0.05) is 201 Å². The maximum absolute atomic E-state index is 7.36. The second-order valence-electron chi connectivity index (χ2n) is 21.6.